The highest BCUT2D eigenvalue weighted by Crippen LogP contribution is 2.41. The zero-order valence-electron chi connectivity index (χ0n) is 26.1. The fourth-order valence-electron chi connectivity index (χ4n) is 7.81. The minimum Gasteiger partial charge on any atom is -0.456 e. The highest BCUT2D eigenvalue weighted by Gasteiger charge is 2.34. The fraction of sp³-hybridized carbons (Fsp3) is 0.0682. The van der Waals surface area contributed by atoms with Crippen molar-refractivity contribution in [1.82, 2.24) is 9.88 Å². The van der Waals surface area contributed by atoms with Crippen LogP contribution in [0.15, 0.2) is 173 Å². The van der Waals surface area contributed by atoms with Crippen LogP contribution < -0.4 is 5.32 Å². The van der Waals surface area contributed by atoms with Crippen LogP contribution in [0, 0.1) is 5.92 Å². The van der Waals surface area contributed by atoms with Gasteiger partial charge in [0.05, 0.1) is 11.0 Å². The normalized spacial score (nSPS) is 18.9. The Morgan fingerprint density at radius 1 is 0.604 bits per heavy atom. The minimum absolute atomic E-state index is 0.112. The van der Waals surface area contributed by atoms with Gasteiger partial charge in [0, 0.05) is 56.5 Å². The molecule has 6 aromatic carbocycles. The second-order valence-electron chi connectivity index (χ2n) is 12.7. The zero-order valence-corrected chi connectivity index (χ0v) is 26.1. The van der Waals surface area contributed by atoms with Gasteiger partial charge in [-0.05, 0) is 53.1 Å². The van der Waals surface area contributed by atoms with Gasteiger partial charge in [-0.15, -0.1) is 0 Å². The number of fused-ring (bicyclic) bond motifs is 7. The maximum absolute atomic E-state index is 6.64. The molecule has 0 saturated carbocycles. The average Bonchev–Trinajstić information content (AvgIpc) is 3.70. The van der Waals surface area contributed by atoms with E-state index >= 15 is 0 Å². The van der Waals surface area contributed by atoms with Gasteiger partial charge >= 0.3 is 0 Å². The molecule has 0 radical (unpaired) electrons. The molecule has 1 aliphatic carbocycles. The number of hydrogen-bond donors (Lipinski definition) is 1. The van der Waals surface area contributed by atoms with Crippen LogP contribution in [0.1, 0.15) is 23.3 Å². The third-order valence-corrected chi connectivity index (χ3v) is 10.0. The van der Waals surface area contributed by atoms with E-state index < -0.39 is 0 Å². The Hall–Kier alpha value is -5.97. The molecule has 8 aromatic rings. The lowest BCUT2D eigenvalue weighted by atomic mass is 9.84. The third-order valence-electron chi connectivity index (χ3n) is 10.0. The number of benzene rings is 6. The summed E-state index contributed by atoms with van der Waals surface area (Å²) in [6.07, 6.45) is 8.42. The van der Waals surface area contributed by atoms with E-state index in [0.717, 1.165) is 38.9 Å². The molecule has 1 N–H and O–H groups in total. The molecule has 0 bridgehead atoms. The van der Waals surface area contributed by atoms with Gasteiger partial charge in [0.15, 0.2) is 0 Å². The van der Waals surface area contributed by atoms with Crippen LogP contribution in [0.25, 0.3) is 60.6 Å². The van der Waals surface area contributed by atoms with Crippen molar-refractivity contribution in [2.24, 2.45) is 10.9 Å². The molecule has 1 aliphatic heterocycles. The Morgan fingerprint density at radius 2 is 1.40 bits per heavy atom. The number of rotatable bonds is 4. The number of furan rings is 1. The number of para-hydroxylation sites is 1. The summed E-state index contributed by atoms with van der Waals surface area (Å²) >= 11 is 0. The second kappa shape index (κ2) is 10.8. The Morgan fingerprint density at radius 3 is 2.29 bits per heavy atom. The van der Waals surface area contributed by atoms with Crippen molar-refractivity contribution >= 4 is 49.5 Å². The number of nitrogens with one attached hydrogen (secondary N) is 1. The molecule has 0 fully saturated rings. The molecule has 3 heterocycles. The van der Waals surface area contributed by atoms with E-state index in [0.29, 0.717) is 0 Å². The maximum atomic E-state index is 6.64. The Bertz CT molecular complexity index is 2610. The summed E-state index contributed by atoms with van der Waals surface area (Å²) in [4.78, 5) is 5.27. The van der Waals surface area contributed by atoms with E-state index in [1.165, 1.54) is 38.5 Å². The first-order valence-electron chi connectivity index (χ1n) is 16.6. The predicted molar refractivity (Wildman–Crippen MR) is 198 cm³/mol. The summed E-state index contributed by atoms with van der Waals surface area (Å²) in [5, 5.41) is 8.57. The predicted octanol–water partition coefficient (Wildman–Crippen LogP) is 10.9. The van der Waals surface area contributed by atoms with Crippen molar-refractivity contribution in [3.63, 3.8) is 0 Å². The van der Waals surface area contributed by atoms with Crippen LogP contribution in [0.4, 0.5) is 0 Å². The maximum Gasteiger partial charge on any atom is 0.137 e. The van der Waals surface area contributed by atoms with E-state index in [9.17, 15) is 0 Å². The molecule has 0 saturated heterocycles. The summed E-state index contributed by atoms with van der Waals surface area (Å²) in [6, 6.07) is 49.8. The van der Waals surface area contributed by atoms with E-state index in [4.69, 9.17) is 9.41 Å². The van der Waals surface area contributed by atoms with Gasteiger partial charge < -0.3 is 8.98 Å². The van der Waals surface area contributed by atoms with Crippen LogP contribution in [0.2, 0.25) is 0 Å². The first-order valence-corrected chi connectivity index (χ1v) is 16.6. The van der Waals surface area contributed by atoms with Crippen LogP contribution in [0.3, 0.4) is 0 Å². The highest BCUT2D eigenvalue weighted by atomic mass is 16.3. The molecule has 4 heteroatoms. The largest absolute Gasteiger partial charge is 0.456 e. The van der Waals surface area contributed by atoms with Crippen LogP contribution in [-0.2, 0) is 0 Å². The van der Waals surface area contributed by atoms with Crippen molar-refractivity contribution in [2.75, 3.05) is 0 Å². The molecule has 3 unspecified atom stereocenters. The molecule has 0 amide bonds. The molecule has 2 aromatic heterocycles. The quantitative estimate of drug-likeness (QED) is 0.213. The standard InChI is InChI=1S/C44H31N3O/c1-3-12-28(13-4-1)30-22-24-33-32-16-8-10-20-38(32)47(39(33)26-30)31-23-25-35-41(27-31)48-40-21-11-18-36(42(35)40)44-45-37-19-9-7-17-34(37)43(46-44)29-14-5-2-6-15-29/h1-27,34,43-44,46H. The average molecular weight is 618 g/mol. The lowest BCUT2D eigenvalue weighted by molar-refractivity contribution is 0.400. The fourth-order valence-corrected chi connectivity index (χ4v) is 7.81. The topological polar surface area (TPSA) is 42.5 Å². The van der Waals surface area contributed by atoms with E-state index in [1.54, 1.807) is 0 Å². The number of nitrogens with zero attached hydrogens (tertiary/aromatic N) is 2. The van der Waals surface area contributed by atoms with Gasteiger partial charge in [0.1, 0.15) is 17.3 Å². The first kappa shape index (κ1) is 27.2. The molecular weight excluding hydrogens is 587 g/mol. The molecule has 228 valence electrons. The van der Waals surface area contributed by atoms with Gasteiger partial charge in [-0.25, -0.2) is 0 Å². The van der Waals surface area contributed by atoms with Gasteiger partial charge in [-0.2, -0.15) is 0 Å². The van der Waals surface area contributed by atoms with Crippen LogP contribution >= 0.6 is 0 Å². The van der Waals surface area contributed by atoms with Gasteiger partial charge in [-0.1, -0.05) is 121 Å². The molecule has 48 heavy (non-hydrogen) atoms. The van der Waals surface area contributed by atoms with Crippen molar-refractivity contribution in [1.29, 1.82) is 0 Å². The Kier molecular flexibility index (Phi) is 6.11. The molecule has 3 atom stereocenters. The molecular formula is C44H31N3O. The summed E-state index contributed by atoms with van der Waals surface area (Å²) in [7, 11) is 0. The Labute approximate surface area is 278 Å². The lowest BCUT2D eigenvalue weighted by Crippen LogP contribution is -2.39. The van der Waals surface area contributed by atoms with Crippen LogP contribution in [0.5, 0.6) is 0 Å². The number of aliphatic imine (C=N–C) groups is 1. The molecule has 10 rings (SSSR count). The summed E-state index contributed by atoms with van der Waals surface area (Å²) in [6.45, 7) is 0. The number of aromatic nitrogens is 1. The smallest absolute Gasteiger partial charge is 0.137 e. The van der Waals surface area contributed by atoms with Crippen molar-refractivity contribution < 1.29 is 4.42 Å². The van der Waals surface area contributed by atoms with Crippen molar-refractivity contribution in [3.8, 4) is 16.8 Å². The summed E-state index contributed by atoms with van der Waals surface area (Å²) in [5.74, 6) is 0.185. The second-order valence-corrected chi connectivity index (χ2v) is 12.7. The zero-order chi connectivity index (χ0) is 31.6. The third kappa shape index (κ3) is 4.23. The molecule has 2 aliphatic rings. The number of hydrogen-bond acceptors (Lipinski definition) is 3. The highest BCUT2D eigenvalue weighted by molar-refractivity contribution is 6.11. The summed E-state index contributed by atoms with van der Waals surface area (Å²) < 4.78 is 9.01. The molecule has 0 spiro atoms. The van der Waals surface area contributed by atoms with Crippen LogP contribution in [-0.4, -0.2) is 10.3 Å². The molecule has 4 nitrogen and oxygen atoms in total. The van der Waals surface area contributed by atoms with Gasteiger partial charge in [0.2, 0.25) is 0 Å². The van der Waals surface area contributed by atoms with Crippen molar-refractivity contribution in [3.05, 3.63) is 175 Å². The van der Waals surface area contributed by atoms with Gasteiger partial charge in [0.25, 0.3) is 0 Å². The minimum atomic E-state index is -0.212. The van der Waals surface area contributed by atoms with E-state index in [2.05, 4.69) is 174 Å². The summed E-state index contributed by atoms with van der Waals surface area (Å²) in [5.41, 5.74) is 11.0. The van der Waals surface area contributed by atoms with E-state index in [1.807, 2.05) is 0 Å². The first-order chi connectivity index (χ1) is 23.8. The van der Waals surface area contributed by atoms with Crippen molar-refractivity contribution in [2.45, 2.75) is 12.2 Å². The number of allylic oxidation sites excluding steroid dienone is 3. The SMILES string of the molecule is C1=CC2=NC(c3cccc4oc5cc(-n6c7ccccc7c7ccc(-c8ccccc8)cc76)ccc5c34)NC(c3ccccc3)C2C=C1. The Balaban J connectivity index is 1.13. The lowest BCUT2D eigenvalue weighted by Gasteiger charge is -2.36. The monoisotopic (exact) mass is 617 g/mol. The van der Waals surface area contributed by atoms with Gasteiger partial charge in [-0.3, -0.25) is 10.3 Å². The van der Waals surface area contributed by atoms with E-state index in [-0.39, 0.29) is 18.1 Å².